The highest BCUT2D eigenvalue weighted by Gasteiger charge is 2.38. The molecule has 1 aliphatic heterocycles. The van der Waals surface area contributed by atoms with E-state index in [0.717, 1.165) is 6.42 Å². The van der Waals surface area contributed by atoms with E-state index in [-0.39, 0.29) is 68.7 Å². The number of benzene rings is 3. The maximum absolute atomic E-state index is 14.0. The molecule has 47 heavy (non-hydrogen) atoms. The molecule has 0 aromatic heterocycles. The molecule has 0 radical (unpaired) electrons. The van der Waals surface area contributed by atoms with E-state index < -0.39 is 35.0 Å². The van der Waals surface area contributed by atoms with Crippen LogP contribution in [0.2, 0.25) is 0 Å². The standard InChI is InChI=1S/C35H35F6N3O3/c1-6-7-14-46-32(45)20-8-10-25(11-9-20)47-19(2)27-21(12-13-33(3,4)5)17-26-29(31(43)44-30(26)42)28(27)22-15-23(34(36,37)38)18-24(16-22)35(39,40)41/h8-12,15-18H,6-7,13-14H2,1-5H3,(H3,42,43,44)/b21-12-,27-19-. The molecule has 1 aliphatic rings. The number of hydrogen-bond acceptors (Lipinski definition) is 5. The van der Waals surface area contributed by atoms with Crippen LogP contribution in [0, 0.1) is 16.2 Å². The Bertz CT molecular complexity index is 1800. The molecule has 3 N–H and O–H groups in total. The summed E-state index contributed by atoms with van der Waals surface area (Å²) in [6, 6.07) is 8.82. The van der Waals surface area contributed by atoms with Gasteiger partial charge in [0, 0.05) is 21.9 Å². The molecule has 4 rings (SSSR count). The average molecular weight is 660 g/mol. The number of carbonyl (C=O) groups excluding carboxylic acids is 1. The number of hydrogen-bond donors (Lipinski definition) is 3. The van der Waals surface area contributed by atoms with Crippen LogP contribution in [0.15, 0.2) is 48.5 Å². The topological polar surface area (TPSA) is 95.3 Å². The largest absolute Gasteiger partial charge is 0.462 e. The van der Waals surface area contributed by atoms with Gasteiger partial charge in [-0.05, 0) is 84.5 Å². The van der Waals surface area contributed by atoms with Crippen molar-refractivity contribution in [3.05, 3.63) is 86.8 Å². The maximum Gasteiger partial charge on any atom is 0.416 e. The summed E-state index contributed by atoms with van der Waals surface area (Å²) in [5, 5.41) is 20.1. The number of amidine groups is 2. The fourth-order valence-corrected chi connectivity index (χ4v) is 5.04. The Morgan fingerprint density at radius 1 is 0.872 bits per heavy atom. The Morgan fingerprint density at radius 2 is 1.47 bits per heavy atom. The van der Waals surface area contributed by atoms with Gasteiger partial charge in [0.15, 0.2) is 0 Å². The number of carbonyl (C=O) groups is 1. The van der Waals surface area contributed by atoms with Gasteiger partial charge in [0.25, 0.3) is 0 Å². The van der Waals surface area contributed by atoms with Gasteiger partial charge < -0.3 is 14.8 Å². The van der Waals surface area contributed by atoms with Crippen LogP contribution in [-0.2, 0) is 17.1 Å². The second-order valence-electron chi connectivity index (χ2n) is 12.4. The molecule has 3 aromatic carbocycles. The molecule has 0 saturated heterocycles. The van der Waals surface area contributed by atoms with Crippen LogP contribution in [0.5, 0.6) is 5.75 Å². The zero-order chi connectivity index (χ0) is 34.9. The minimum absolute atomic E-state index is 0.0292. The summed E-state index contributed by atoms with van der Waals surface area (Å²) in [4.78, 5) is 12.4. The number of nitrogens with one attached hydrogen (secondary N) is 3. The van der Waals surface area contributed by atoms with Gasteiger partial charge >= 0.3 is 18.3 Å². The van der Waals surface area contributed by atoms with Gasteiger partial charge in [-0.3, -0.25) is 10.8 Å². The first-order valence-electron chi connectivity index (χ1n) is 14.9. The molecule has 6 nitrogen and oxygen atoms in total. The van der Waals surface area contributed by atoms with E-state index in [1.807, 2.05) is 27.7 Å². The molecule has 0 unspecified atom stereocenters. The molecular weight excluding hydrogens is 624 g/mol. The fourth-order valence-electron chi connectivity index (χ4n) is 5.04. The molecule has 0 amide bonds. The smallest absolute Gasteiger partial charge is 0.416 e. The quantitative estimate of drug-likeness (QED) is 0.130. The predicted octanol–water partition coefficient (Wildman–Crippen LogP) is 8.03. The third kappa shape index (κ3) is 8.22. The minimum atomic E-state index is -5.11. The molecule has 0 fully saturated rings. The minimum Gasteiger partial charge on any atom is -0.462 e. The van der Waals surface area contributed by atoms with E-state index in [2.05, 4.69) is 5.32 Å². The highest BCUT2D eigenvalue weighted by atomic mass is 19.4. The number of ether oxygens (including phenoxy) is 2. The summed E-state index contributed by atoms with van der Waals surface area (Å²) < 4.78 is 95.3. The lowest BCUT2D eigenvalue weighted by Gasteiger charge is -2.19. The molecule has 250 valence electrons. The molecule has 0 saturated carbocycles. The van der Waals surface area contributed by atoms with Crippen molar-refractivity contribution in [3.8, 4) is 16.9 Å². The van der Waals surface area contributed by atoms with Gasteiger partial charge in [0.1, 0.15) is 23.2 Å². The monoisotopic (exact) mass is 659 g/mol. The molecule has 1 heterocycles. The first-order chi connectivity index (χ1) is 21.8. The summed E-state index contributed by atoms with van der Waals surface area (Å²) in [7, 11) is 0. The Kier molecular flexibility index (Phi) is 9.94. The Morgan fingerprint density at radius 3 is 2.00 bits per heavy atom. The lowest BCUT2D eigenvalue weighted by atomic mass is 9.88. The van der Waals surface area contributed by atoms with Crippen LogP contribution in [0.25, 0.3) is 23.0 Å². The van der Waals surface area contributed by atoms with E-state index in [9.17, 15) is 31.1 Å². The zero-order valence-electron chi connectivity index (χ0n) is 26.5. The van der Waals surface area contributed by atoms with Crippen molar-refractivity contribution >= 4 is 29.5 Å². The molecule has 12 heteroatoms. The van der Waals surface area contributed by atoms with Gasteiger partial charge in [0.05, 0.1) is 23.3 Å². The molecule has 3 aromatic rings. The predicted molar refractivity (Wildman–Crippen MR) is 168 cm³/mol. The van der Waals surface area contributed by atoms with Gasteiger partial charge in [-0.1, -0.05) is 40.2 Å². The van der Waals surface area contributed by atoms with Crippen LogP contribution >= 0.6 is 0 Å². The van der Waals surface area contributed by atoms with Gasteiger partial charge in [-0.2, -0.15) is 26.3 Å². The number of unbranched alkanes of at least 4 members (excludes halogenated alkanes) is 1. The maximum atomic E-state index is 14.0. The molecule has 0 aliphatic carbocycles. The highest BCUT2D eigenvalue weighted by Crippen LogP contribution is 2.39. The molecular formula is C35H35F6N3O3. The Labute approximate surface area is 268 Å². The third-order valence-corrected chi connectivity index (χ3v) is 7.38. The van der Waals surface area contributed by atoms with E-state index in [1.165, 1.54) is 31.2 Å². The number of halogens is 6. The Balaban J connectivity index is 2.05. The van der Waals surface area contributed by atoms with Crippen LogP contribution in [-0.4, -0.2) is 24.2 Å². The van der Waals surface area contributed by atoms with Crippen molar-refractivity contribution in [3.63, 3.8) is 0 Å². The first-order valence-corrected chi connectivity index (χ1v) is 14.9. The second-order valence-corrected chi connectivity index (χ2v) is 12.4. The second kappa shape index (κ2) is 13.2. The van der Waals surface area contributed by atoms with Crippen LogP contribution in [0.1, 0.15) is 86.5 Å². The van der Waals surface area contributed by atoms with Crippen LogP contribution in [0.3, 0.4) is 0 Å². The van der Waals surface area contributed by atoms with E-state index >= 15 is 0 Å². The van der Waals surface area contributed by atoms with E-state index in [0.29, 0.717) is 30.2 Å². The van der Waals surface area contributed by atoms with Crippen molar-refractivity contribution in [1.29, 1.82) is 10.8 Å². The summed E-state index contributed by atoms with van der Waals surface area (Å²) in [6.45, 7) is 9.62. The highest BCUT2D eigenvalue weighted by molar-refractivity contribution is 6.26. The Hall–Kier alpha value is -4.61. The summed E-state index contributed by atoms with van der Waals surface area (Å²) in [5.74, 6) is -0.746. The van der Waals surface area contributed by atoms with Crippen LogP contribution < -0.4 is 20.5 Å². The summed E-state index contributed by atoms with van der Waals surface area (Å²) in [6.07, 6.45) is -6.42. The van der Waals surface area contributed by atoms with E-state index in [1.54, 1.807) is 12.1 Å². The number of esters is 1. The average Bonchev–Trinajstić information content (AvgIpc) is 3.26. The summed E-state index contributed by atoms with van der Waals surface area (Å²) >= 11 is 0. The normalized spacial score (nSPS) is 14.6. The van der Waals surface area contributed by atoms with Gasteiger partial charge in [-0.25, -0.2) is 4.79 Å². The van der Waals surface area contributed by atoms with Crippen LogP contribution in [0.4, 0.5) is 26.3 Å². The van der Waals surface area contributed by atoms with Crippen molar-refractivity contribution in [1.82, 2.24) is 5.32 Å². The van der Waals surface area contributed by atoms with Gasteiger partial charge in [0.2, 0.25) is 0 Å². The van der Waals surface area contributed by atoms with Crippen molar-refractivity contribution < 1.29 is 40.6 Å². The number of fused-ring (bicyclic) bond motifs is 1. The van der Waals surface area contributed by atoms with Crippen molar-refractivity contribution in [2.45, 2.75) is 66.2 Å². The van der Waals surface area contributed by atoms with Crippen molar-refractivity contribution in [2.24, 2.45) is 5.41 Å². The first kappa shape index (κ1) is 35.2. The lowest BCUT2D eigenvalue weighted by Crippen LogP contribution is -2.33. The zero-order valence-corrected chi connectivity index (χ0v) is 26.5. The molecule has 0 spiro atoms. The number of alkyl halides is 6. The fraction of sp³-hybridized carbons (Fsp3) is 0.343. The lowest BCUT2D eigenvalue weighted by molar-refractivity contribution is -0.143. The molecule has 0 bridgehead atoms. The number of rotatable bonds is 8. The SMILES string of the molecule is CCCCOC(=O)c1ccc(O/C(C)=c2\c(-c3cc(C(F)(F)F)cc(C(F)(F)F)c3)c3c(c\c2=C\CC(C)(C)C)C(=N)NC3=N)cc1. The van der Waals surface area contributed by atoms with E-state index in [4.69, 9.17) is 20.3 Å². The summed E-state index contributed by atoms with van der Waals surface area (Å²) in [5.41, 5.74) is -3.46. The van der Waals surface area contributed by atoms with Gasteiger partial charge in [-0.15, -0.1) is 0 Å². The third-order valence-electron chi connectivity index (χ3n) is 7.38. The molecule has 0 atom stereocenters. The van der Waals surface area contributed by atoms with Crippen molar-refractivity contribution in [2.75, 3.05) is 6.61 Å².